The van der Waals surface area contributed by atoms with E-state index in [4.69, 9.17) is 15.0 Å². The van der Waals surface area contributed by atoms with Crippen LogP contribution in [0.1, 0.15) is 22.6 Å². The monoisotopic (exact) mass is 337 g/mol. The van der Waals surface area contributed by atoms with Gasteiger partial charge in [0, 0.05) is 45.5 Å². The molecule has 1 saturated heterocycles. The minimum absolute atomic E-state index is 0.726. The van der Waals surface area contributed by atoms with Crippen molar-refractivity contribution in [3.63, 3.8) is 0 Å². The first-order valence-corrected chi connectivity index (χ1v) is 8.86. The van der Waals surface area contributed by atoms with E-state index in [-0.39, 0.29) is 0 Å². The fraction of sp³-hybridized carbons (Fsp3) is 0.474. The third-order valence-electron chi connectivity index (χ3n) is 4.88. The molecule has 0 N–H and O–H groups in total. The van der Waals surface area contributed by atoms with E-state index in [2.05, 4.69) is 32.7 Å². The van der Waals surface area contributed by atoms with E-state index in [1.54, 1.807) is 0 Å². The molecule has 0 amide bonds. The smallest absolute Gasteiger partial charge is 0.123 e. The topological polar surface area (TPSA) is 57.3 Å². The van der Waals surface area contributed by atoms with E-state index < -0.39 is 0 Å². The summed E-state index contributed by atoms with van der Waals surface area (Å²) in [5, 5.41) is 9.05. The van der Waals surface area contributed by atoms with Gasteiger partial charge in [-0.25, -0.2) is 4.98 Å². The molecule has 0 bridgehead atoms. The molecule has 0 atom stereocenters. The number of morpholine rings is 1. The molecule has 4 rings (SSSR count). The number of rotatable bonds is 4. The van der Waals surface area contributed by atoms with Crippen molar-refractivity contribution in [1.82, 2.24) is 19.4 Å². The Bertz CT molecular complexity index is 772. The fourth-order valence-electron chi connectivity index (χ4n) is 3.56. The summed E-state index contributed by atoms with van der Waals surface area (Å²) in [6.07, 6.45) is 2.21. The van der Waals surface area contributed by atoms with Gasteiger partial charge in [-0.3, -0.25) is 9.80 Å². The summed E-state index contributed by atoms with van der Waals surface area (Å²) in [5.74, 6) is 1.14. The first-order chi connectivity index (χ1) is 12.3. The number of fused-ring (bicyclic) bond motifs is 1. The zero-order valence-electron chi connectivity index (χ0n) is 14.4. The lowest BCUT2D eigenvalue weighted by Gasteiger charge is -2.27. The van der Waals surface area contributed by atoms with E-state index >= 15 is 0 Å². The van der Waals surface area contributed by atoms with E-state index in [1.165, 1.54) is 5.56 Å². The lowest BCUT2D eigenvalue weighted by molar-refractivity contribution is 0.0337. The Labute approximate surface area is 148 Å². The first-order valence-electron chi connectivity index (χ1n) is 8.86. The fourth-order valence-corrected chi connectivity index (χ4v) is 3.56. The van der Waals surface area contributed by atoms with E-state index in [0.717, 1.165) is 76.1 Å². The van der Waals surface area contributed by atoms with Crippen molar-refractivity contribution < 1.29 is 4.74 Å². The number of hydrogen-bond donors (Lipinski definition) is 0. The van der Waals surface area contributed by atoms with Gasteiger partial charge in [0.2, 0.25) is 0 Å². The predicted molar refractivity (Wildman–Crippen MR) is 93.6 cm³/mol. The third kappa shape index (κ3) is 3.90. The second kappa shape index (κ2) is 7.36. The van der Waals surface area contributed by atoms with Gasteiger partial charge < -0.3 is 9.30 Å². The molecular weight excluding hydrogens is 314 g/mol. The molecule has 0 radical (unpaired) electrons. The molecule has 0 unspecified atom stereocenters. The van der Waals surface area contributed by atoms with Crippen molar-refractivity contribution in [2.75, 3.05) is 32.8 Å². The van der Waals surface area contributed by atoms with Crippen molar-refractivity contribution in [1.29, 1.82) is 5.26 Å². The molecule has 1 fully saturated rings. The van der Waals surface area contributed by atoms with Crippen LogP contribution >= 0.6 is 0 Å². The molecule has 2 aliphatic heterocycles. The molecule has 6 nitrogen and oxygen atoms in total. The number of hydrogen-bond acceptors (Lipinski definition) is 5. The Kier molecular flexibility index (Phi) is 4.79. The highest BCUT2D eigenvalue weighted by Crippen LogP contribution is 2.17. The van der Waals surface area contributed by atoms with Crippen molar-refractivity contribution in [3.8, 4) is 6.07 Å². The minimum Gasteiger partial charge on any atom is -0.379 e. The number of nitriles is 1. The SMILES string of the molecule is N#Cc1cccc(CN2CCn3cc(CN4CCOCC4)nc3C2)c1. The zero-order chi connectivity index (χ0) is 17.1. The Balaban J connectivity index is 1.40. The first kappa shape index (κ1) is 16.3. The summed E-state index contributed by atoms with van der Waals surface area (Å²) in [7, 11) is 0. The average molecular weight is 337 g/mol. The van der Waals surface area contributed by atoms with E-state index in [1.807, 2.05) is 18.2 Å². The van der Waals surface area contributed by atoms with Crippen LogP contribution in [-0.2, 0) is 30.9 Å². The lowest BCUT2D eigenvalue weighted by Crippen LogP contribution is -2.35. The molecule has 0 aliphatic carbocycles. The molecule has 130 valence electrons. The van der Waals surface area contributed by atoms with Crippen molar-refractivity contribution in [2.24, 2.45) is 0 Å². The maximum absolute atomic E-state index is 9.05. The Hall–Kier alpha value is -2.20. The van der Waals surface area contributed by atoms with Gasteiger partial charge in [-0.15, -0.1) is 0 Å². The second-order valence-corrected chi connectivity index (χ2v) is 6.75. The van der Waals surface area contributed by atoms with Crippen LogP contribution in [0.4, 0.5) is 0 Å². The van der Waals surface area contributed by atoms with Gasteiger partial charge in [-0.1, -0.05) is 12.1 Å². The number of aromatic nitrogens is 2. The number of nitrogens with zero attached hydrogens (tertiary/aromatic N) is 5. The molecular formula is C19H23N5O. The summed E-state index contributed by atoms with van der Waals surface area (Å²) in [6.45, 7) is 8.24. The average Bonchev–Trinajstić information content (AvgIpc) is 3.04. The highest BCUT2D eigenvalue weighted by Gasteiger charge is 2.20. The number of benzene rings is 1. The molecule has 0 saturated carbocycles. The van der Waals surface area contributed by atoms with Crippen LogP contribution < -0.4 is 0 Å². The third-order valence-corrected chi connectivity index (χ3v) is 4.88. The molecule has 6 heteroatoms. The quantitative estimate of drug-likeness (QED) is 0.848. The summed E-state index contributed by atoms with van der Waals surface area (Å²) >= 11 is 0. The Morgan fingerprint density at radius 3 is 2.80 bits per heavy atom. The van der Waals surface area contributed by atoms with Gasteiger partial charge in [0.15, 0.2) is 0 Å². The van der Waals surface area contributed by atoms with Gasteiger partial charge in [-0.05, 0) is 17.7 Å². The molecule has 2 aromatic rings. The predicted octanol–water partition coefficient (Wildman–Crippen LogP) is 1.60. The summed E-state index contributed by atoms with van der Waals surface area (Å²) in [5.41, 5.74) is 3.07. The van der Waals surface area contributed by atoms with Gasteiger partial charge in [0.25, 0.3) is 0 Å². The Morgan fingerprint density at radius 2 is 1.96 bits per heavy atom. The van der Waals surface area contributed by atoms with E-state index in [9.17, 15) is 0 Å². The summed E-state index contributed by atoms with van der Waals surface area (Å²) < 4.78 is 7.70. The Morgan fingerprint density at radius 1 is 1.08 bits per heavy atom. The van der Waals surface area contributed by atoms with Crippen molar-refractivity contribution >= 4 is 0 Å². The normalized spacial score (nSPS) is 18.7. The van der Waals surface area contributed by atoms with Crippen LogP contribution in [-0.4, -0.2) is 52.2 Å². The maximum atomic E-state index is 9.05. The van der Waals surface area contributed by atoms with Crippen molar-refractivity contribution in [2.45, 2.75) is 26.2 Å². The number of imidazole rings is 1. The molecule has 0 spiro atoms. The standard InChI is InChI=1S/C19H23N5O/c20-11-16-2-1-3-17(10-16)12-23-4-5-24-14-18(21-19(24)15-23)13-22-6-8-25-9-7-22/h1-3,10,14H,4-9,12-13,15H2. The van der Waals surface area contributed by atoms with Crippen LogP contribution in [0.2, 0.25) is 0 Å². The van der Waals surface area contributed by atoms with Gasteiger partial charge in [0.05, 0.1) is 37.1 Å². The number of ether oxygens (including phenoxy) is 1. The zero-order valence-corrected chi connectivity index (χ0v) is 14.4. The molecule has 25 heavy (non-hydrogen) atoms. The van der Waals surface area contributed by atoms with Crippen molar-refractivity contribution in [3.05, 3.63) is 53.1 Å². The highest BCUT2D eigenvalue weighted by molar-refractivity contribution is 5.32. The van der Waals surface area contributed by atoms with Crippen LogP contribution in [0.25, 0.3) is 0 Å². The largest absolute Gasteiger partial charge is 0.379 e. The summed E-state index contributed by atoms with van der Waals surface area (Å²) in [4.78, 5) is 9.66. The van der Waals surface area contributed by atoms with Crippen LogP contribution in [0.5, 0.6) is 0 Å². The van der Waals surface area contributed by atoms with Crippen LogP contribution in [0.15, 0.2) is 30.5 Å². The highest BCUT2D eigenvalue weighted by atomic mass is 16.5. The molecule has 2 aliphatic rings. The molecule has 1 aromatic carbocycles. The lowest BCUT2D eigenvalue weighted by atomic mass is 10.1. The molecule has 3 heterocycles. The minimum atomic E-state index is 0.726. The second-order valence-electron chi connectivity index (χ2n) is 6.75. The van der Waals surface area contributed by atoms with Gasteiger partial charge in [-0.2, -0.15) is 5.26 Å². The van der Waals surface area contributed by atoms with Gasteiger partial charge in [0.1, 0.15) is 5.82 Å². The van der Waals surface area contributed by atoms with E-state index in [0.29, 0.717) is 0 Å². The van der Waals surface area contributed by atoms with Crippen LogP contribution in [0.3, 0.4) is 0 Å². The maximum Gasteiger partial charge on any atom is 0.123 e. The summed E-state index contributed by atoms with van der Waals surface area (Å²) in [6, 6.07) is 10.1. The van der Waals surface area contributed by atoms with Crippen LogP contribution in [0, 0.1) is 11.3 Å². The molecule has 1 aromatic heterocycles. The van der Waals surface area contributed by atoms with Gasteiger partial charge >= 0.3 is 0 Å².